The van der Waals surface area contributed by atoms with Crippen molar-refractivity contribution in [3.05, 3.63) is 59.6 Å². The van der Waals surface area contributed by atoms with E-state index in [9.17, 15) is 18.0 Å². The Morgan fingerprint density at radius 2 is 1.91 bits per heavy atom. The van der Waals surface area contributed by atoms with E-state index in [4.69, 9.17) is 0 Å². The van der Waals surface area contributed by atoms with E-state index in [2.05, 4.69) is 47.8 Å². The number of amides is 1. The second-order valence-corrected chi connectivity index (χ2v) is 7.86. The molecule has 1 aromatic carbocycles. The van der Waals surface area contributed by atoms with E-state index in [1.165, 1.54) is 11.8 Å². The van der Waals surface area contributed by atoms with Crippen LogP contribution in [0.25, 0.3) is 11.4 Å². The second-order valence-electron chi connectivity index (χ2n) is 7.86. The molecule has 4 heterocycles. The average Bonchev–Trinajstić information content (AvgIpc) is 3.46. The Labute approximate surface area is 182 Å². The lowest BCUT2D eigenvalue weighted by molar-refractivity contribution is -0.159. The number of hydrogen-bond acceptors (Lipinski definition) is 7. The Morgan fingerprint density at radius 1 is 1.09 bits per heavy atom. The normalized spacial score (nSPS) is 19.9. The van der Waals surface area contributed by atoms with Gasteiger partial charge in [-0.1, -0.05) is 29.4 Å². The maximum atomic E-state index is 13.0. The third kappa shape index (κ3) is 4.00. The first-order chi connectivity index (χ1) is 15.4. The Bertz CT molecular complexity index is 1070. The molecule has 0 unspecified atom stereocenters. The van der Waals surface area contributed by atoms with E-state index in [-0.39, 0.29) is 11.7 Å². The van der Waals surface area contributed by atoms with Gasteiger partial charge in [-0.2, -0.15) is 18.2 Å². The molecule has 8 nitrogen and oxygen atoms in total. The Morgan fingerprint density at radius 3 is 2.62 bits per heavy atom. The van der Waals surface area contributed by atoms with Gasteiger partial charge in [0.1, 0.15) is 0 Å². The van der Waals surface area contributed by atoms with Gasteiger partial charge in [-0.3, -0.25) is 4.79 Å². The number of piperazine rings is 1. The van der Waals surface area contributed by atoms with Crippen molar-refractivity contribution >= 4 is 5.91 Å². The number of halogens is 3. The number of benzene rings is 1. The summed E-state index contributed by atoms with van der Waals surface area (Å²) in [5.74, 6) is -1.78. The lowest BCUT2D eigenvalue weighted by Crippen LogP contribution is -2.54. The van der Waals surface area contributed by atoms with Crippen molar-refractivity contribution in [2.45, 2.75) is 6.18 Å². The minimum atomic E-state index is -4.71. The first kappa shape index (κ1) is 20.7. The highest BCUT2D eigenvalue weighted by Gasteiger charge is 2.38. The van der Waals surface area contributed by atoms with Gasteiger partial charge in [0.2, 0.25) is 5.82 Å². The van der Waals surface area contributed by atoms with Gasteiger partial charge in [-0.15, -0.1) is 0 Å². The summed E-state index contributed by atoms with van der Waals surface area (Å²) < 4.78 is 42.5. The van der Waals surface area contributed by atoms with E-state index in [1.54, 1.807) is 23.1 Å². The van der Waals surface area contributed by atoms with Gasteiger partial charge < -0.3 is 14.3 Å². The first-order valence-electron chi connectivity index (χ1n) is 10.3. The summed E-state index contributed by atoms with van der Waals surface area (Å²) in [6.07, 6.45) is 1.64. The number of allylic oxidation sites excluding steroid dienone is 2. The highest BCUT2D eigenvalue weighted by molar-refractivity contribution is 5.95. The van der Waals surface area contributed by atoms with Crippen LogP contribution < -0.4 is 0 Å². The fourth-order valence-corrected chi connectivity index (χ4v) is 4.13. The smallest absolute Gasteiger partial charge is 0.356 e. The van der Waals surface area contributed by atoms with Crippen LogP contribution >= 0.6 is 0 Å². The van der Waals surface area contributed by atoms with Crippen LogP contribution in [0.5, 0.6) is 0 Å². The number of carbonyl (C=O) groups is 1. The molecule has 11 heteroatoms. The van der Waals surface area contributed by atoms with Crippen molar-refractivity contribution in [3.8, 4) is 11.4 Å². The summed E-state index contributed by atoms with van der Waals surface area (Å²) in [4.78, 5) is 20.5. The van der Waals surface area contributed by atoms with Crippen LogP contribution in [0.2, 0.25) is 0 Å². The van der Waals surface area contributed by atoms with Gasteiger partial charge in [0.25, 0.3) is 5.91 Å². The Hall–Kier alpha value is -3.18. The van der Waals surface area contributed by atoms with Crippen molar-refractivity contribution in [1.82, 2.24) is 30.0 Å². The molecular weight excluding hydrogens is 425 g/mol. The van der Waals surface area contributed by atoms with E-state index < -0.39 is 12.1 Å². The fraction of sp³-hybridized carbons (Fsp3) is 0.381. The van der Waals surface area contributed by atoms with Gasteiger partial charge in [0, 0.05) is 49.5 Å². The fourth-order valence-electron chi connectivity index (χ4n) is 4.13. The van der Waals surface area contributed by atoms with Crippen LogP contribution in [0.15, 0.2) is 52.7 Å². The minimum Gasteiger partial charge on any atom is -0.356 e. The third-order valence-electron chi connectivity index (χ3n) is 5.81. The van der Waals surface area contributed by atoms with E-state index in [1.807, 2.05) is 0 Å². The summed E-state index contributed by atoms with van der Waals surface area (Å²) in [6.45, 7) is 5.21. The van der Waals surface area contributed by atoms with E-state index in [0.29, 0.717) is 24.2 Å². The van der Waals surface area contributed by atoms with Crippen LogP contribution in [-0.2, 0) is 6.18 Å². The topological polar surface area (TPSA) is 69.0 Å². The molecule has 0 saturated carbocycles. The molecule has 0 atom stereocenters. The first-order valence-corrected chi connectivity index (χ1v) is 10.3. The molecule has 2 aromatic rings. The highest BCUT2D eigenvalue weighted by Crippen LogP contribution is 2.29. The molecule has 3 aliphatic rings. The molecule has 168 valence electrons. The van der Waals surface area contributed by atoms with Crippen molar-refractivity contribution in [2.24, 2.45) is 0 Å². The summed E-state index contributed by atoms with van der Waals surface area (Å²) in [6, 6.07) is 6.29. The van der Waals surface area contributed by atoms with Gasteiger partial charge in [0.05, 0.1) is 13.2 Å². The average molecular weight is 446 g/mol. The predicted molar refractivity (Wildman–Crippen MR) is 108 cm³/mol. The predicted octanol–water partition coefficient (Wildman–Crippen LogP) is 2.46. The van der Waals surface area contributed by atoms with E-state index in [0.717, 1.165) is 32.8 Å². The molecule has 3 aliphatic heterocycles. The zero-order valence-corrected chi connectivity index (χ0v) is 17.1. The zero-order chi connectivity index (χ0) is 22.3. The Kier molecular flexibility index (Phi) is 5.22. The number of hydrazine groups is 1. The number of rotatable bonds is 3. The van der Waals surface area contributed by atoms with Crippen LogP contribution in [0.4, 0.5) is 13.2 Å². The molecule has 0 bridgehead atoms. The monoisotopic (exact) mass is 446 g/mol. The molecule has 0 N–H and O–H groups in total. The lowest BCUT2D eigenvalue weighted by atomic mass is 10.1. The quantitative estimate of drug-likeness (QED) is 0.718. The van der Waals surface area contributed by atoms with Crippen molar-refractivity contribution in [3.63, 3.8) is 0 Å². The lowest BCUT2D eigenvalue weighted by Gasteiger charge is -2.39. The molecule has 32 heavy (non-hydrogen) atoms. The number of nitrogens with zero attached hydrogens (tertiary/aromatic N) is 6. The standard InChI is InChI=1S/C21H21F3N6O2/c22-21(23,24)20-25-18(26-32-20)15-4-3-5-16(12-15)19(31)27-8-10-29(11-9-27)30-13-17-6-1-2-7-28(17)14-30/h1-6,12H,7-11,13-14H2. The maximum Gasteiger partial charge on any atom is 0.471 e. The summed E-state index contributed by atoms with van der Waals surface area (Å²) in [5, 5.41) is 7.97. The third-order valence-corrected chi connectivity index (χ3v) is 5.81. The van der Waals surface area contributed by atoms with Gasteiger partial charge in [-0.25, -0.2) is 10.0 Å². The van der Waals surface area contributed by atoms with Crippen molar-refractivity contribution < 1.29 is 22.5 Å². The Balaban J connectivity index is 1.22. The second kappa shape index (κ2) is 8.06. The highest BCUT2D eigenvalue weighted by atomic mass is 19.4. The number of carbonyl (C=O) groups excluding carboxylic acids is 1. The van der Waals surface area contributed by atoms with Crippen LogP contribution in [0, 0.1) is 0 Å². The molecule has 0 radical (unpaired) electrons. The molecule has 2 fully saturated rings. The molecule has 0 spiro atoms. The number of fused-ring (bicyclic) bond motifs is 1. The van der Waals surface area contributed by atoms with Gasteiger partial charge in [-0.05, 0) is 18.2 Å². The SMILES string of the molecule is O=C(c1cccc(-c2noc(C(F)(F)F)n2)c1)N1CCN(N2CC3=CC=CCN3C2)CC1. The number of hydrogen-bond donors (Lipinski definition) is 0. The molecule has 0 aliphatic carbocycles. The zero-order valence-electron chi connectivity index (χ0n) is 17.1. The minimum absolute atomic E-state index is 0.170. The summed E-state index contributed by atoms with van der Waals surface area (Å²) in [5.41, 5.74) is 1.98. The van der Waals surface area contributed by atoms with Gasteiger partial charge in [0.15, 0.2) is 0 Å². The molecular formula is C21H21F3N6O2. The van der Waals surface area contributed by atoms with Crippen molar-refractivity contribution in [1.29, 1.82) is 0 Å². The van der Waals surface area contributed by atoms with E-state index >= 15 is 0 Å². The molecule has 1 aromatic heterocycles. The molecule has 5 rings (SSSR count). The molecule has 1 amide bonds. The summed E-state index contributed by atoms with van der Waals surface area (Å²) >= 11 is 0. The van der Waals surface area contributed by atoms with Gasteiger partial charge >= 0.3 is 12.1 Å². The van der Waals surface area contributed by atoms with Crippen molar-refractivity contribution in [2.75, 3.05) is 45.9 Å². The maximum absolute atomic E-state index is 13.0. The van der Waals surface area contributed by atoms with Crippen LogP contribution in [0.3, 0.4) is 0 Å². The molecule has 2 saturated heterocycles. The number of alkyl halides is 3. The largest absolute Gasteiger partial charge is 0.471 e. The number of aromatic nitrogens is 2. The van der Waals surface area contributed by atoms with Crippen LogP contribution in [-0.4, -0.2) is 81.8 Å². The van der Waals surface area contributed by atoms with Crippen LogP contribution in [0.1, 0.15) is 16.2 Å². The summed E-state index contributed by atoms with van der Waals surface area (Å²) in [7, 11) is 0.